The molecule has 1 fully saturated rings. The molecule has 7 heteroatoms. The first kappa shape index (κ1) is 19.0. The predicted octanol–water partition coefficient (Wildman–Crippen LogP) is 3.05. The van der Waals surface area contributed by atoms with Gasteiger partial charge in [0.1, 0.15) is 17.1 Å². The van der Waals surface area contributed by atoms with Crippen molar-refractivity contribution in [2.45, 2.75) is 6.42 Å². The number of fused-ring (bicyclic) bond motifs is 1. The van der Waals surface area contributed by atoms with Crippen LogP contribution in [0.25, 0.3) is 11.0 Å². The van der Waals surface area contributed by atoms with E-state index in [1.165, 1.54) is 18.2 Å². The molecular weight excluding hydrogens is 375 g/mol. The predicted molar refractivity (Wildman–Crippen MR) is 108 cm³/mol. The van der Waals surface area contributed by atoms with E-state index >= 15 is 0 Å². The molecule has 2 aromatic carbocycles. The van der Waals surface area contributed by atoms with Crippen LogP contribution in [0, 0.1) is 5.82 Å². The molecule has 3 aromatic rings. The Balaban J connectivity index is 1.35. The molecule has 1 aromatic heterocycles. The molecule has 1 amide bonds. The second-order valence-corrected chi connectivity index (χ2v) is 6.94. The molecule has 1 saturated heterocycles. The van der Waals surface area contributed by atoms with Gasteiger partial charge in [0.15, 0.2) is 6.61 Å². The summed E-state index contributed by atoms with van der Waals surface area (Å²) in [6, 6.07) is 14.6. The third kappa shape index (κ3) is 4.56. The normalized spacial score (nSPS) is 14.7. The molecule has 0 unspecified atom stereocenters. The molecule has 0 atom stereocenters. The van der Waals surface area contributed by atoms with Gasteiger partial charge in [-0.2, -0.15) is 0 Å². The summed E-state index contributed by atoms with van der Waals surface area (Å²) in [5, 5.41) is 0.789. The Kier molecular flexibility index (Phi) is 5.46. The zero-order valence-electron chi connectivity index (χ0n) is 15.8. The number of halogens is 1. The minimum absolute atomic E-state index is 0.0842. The van der Waals surface area contributed by atoms with Crippen LogP contribution in [-0.4, -0.2) is 43.6 Å². The fourth-order valence-corrected chi connectivity index (χ4v) is 3.44. The van der Waals surface area contributed by atoms with Gasteiger partial charge in [-0.1, -0.05) is 0 Å². The standard InChI is InChI=1S/C22H21FN2O4/c23-17-4-6-18(7-5-17)24-10-1-11-25(13-12-24)21(26)15-28-19-8-2-16-3-9-22(27)29-20(16)14-19/h2-9,14H,1,10-13,15H2. The summed E-state index contributed by atoms with van der Waals surface area (Å²) >= 11 is 0. The Labute approximate surface area is 167 Å². The van der Waals surface area contributed by atoms with Gasteiger partial charge in [0.25, 0.3) is 5.91 Å². The van der Waals surface area contributed by atoms with Crippen molar-refractivity contribution in [1.29, 1.82) is 0 Å². The van der Waals surface area contributed by atoms with Crippen LogP contribution in [0.2, 0.25) is 0 Å². The maximum atomic E-state index is 13.1. The summed E-state index contributed by atoms with van der Waals surface area (Å²) < 4.78 is 23.9. The van der Waals surface area contributed by atoms with Crippen molar-refractivity contribution in [2.24, 2.45) is 0 Å². The number of anilines is 1. The maximum Gasteiger partial charge on any atom is 0.336 e. The number of carbonyl (C=O) groups is 1. The highest BCUT2D eigenvalue weighted by atomic mass is 19.1. The van der Waals surface area contributed by atoms with Crippen LogP contribution >= 0.6 is 0 Å². The molecule has 0 N–H and O–H groups in total. The minimum Gasteiger partial charge on any atom is -0.484 e. The largest absolute Gasteiger partial charge is 0.484 e. The van der Waals surface area contributed by atoms with E-state index in [-0.39, 0.29) is 18.3 Å². The molecule has 0 spiro atoms. The lowest BCUT2D eigenvalue weighted by molar-refractivity contribution is -0.133. The van der Waals surface area contributed by atoms with Gasteiger partial charge in [0.2, 0.25) is 0 Å². The van der Waals surface area contributed by atoms with Gasteiger partial charge in [0.05, 0.1) is 0 Å². The molecule has 150 valence electrons. The van der Waals surface area contributed by atoms with Crippen LogP contribution in [0.3, 0.4) is 0 Å². The van der Waals surface area contributed by atoms with E-state index in [0.717, 1.165) is 24.0 Å². The zero-order valence-corrected chi connectivity index (χ0v) is 15.8. The first-order valence-corrected chi connectivity index (χ1v) is 9.53. The number of carbonyl (C=O) groups excluding carboxylic acids is 1. The second kappa shape index (κ2) is 8.34. The Morgan fingerprint density at radius 1 is 1.00 bits per heavy atom. The SMILES string of the molecule is O=C(COc1ccc2ccc(=O)oc2c1)N1CCCN(c2ccc(F)cc2)CC1. The van der Waals surface area contributed by atoms with Crippen LogP contribution in [0.15, 0.2) is 63.8 Å². The summed E-state index contributed by atoms with van der Waals surface area (Å²) in [5.74, 6) is 0.119. The minimum atomic E-state index is -0.430. The fraction of sp³-hybridized carbons (Fsp3) is 0.273. The van der Waals surface area contributed by atoms with Crippen molar-refractivity contribution >= 4 is 22.6 Å². The quantitative estimate of drug-likeness (QED) is 0.635. The van der Waals surface area contributed by atoms with Crippen LogP contribution in [0.1, 0.15) is 6.42 Å². The smallest absolute Gasteiger partial charge is 0.336 e. The summed E-state index contributed by atoms with van der Waals surface area (Å²) in [5.41, 5.74) is 0.947. The summed E-state index contributed by atoms with van der Waals surface area (Å²) in [6.45, 7) is 2.62. The van der Waals surface area contributed by atoms with Crippen molar-refractivity contribution in [3.63, 3.8) is 0 Å². The average molecular weight is 396 g/mol. The summed E-state index contributed by atoms with van der Waals surface area (Å²) in [7, 11) is 0. The highest BCUT2D eigenvalue weighted by Gasteiger charge is 2.20. The molecule has 0 bridgehead atoms. The number of benzene rings is 2. The van der Waals surface area contributed by atoms with E-state index in [4.69, 9.17) is 9.15 Å². The lowest BCUT2D eigenvalue weighted by Gasteiger charge is -2.23. The van der Waals surface area contributed by atoms with E-state index in [1.54, 1.807) is 41.3 Å². The maximum absolute atomic E-state index is 13.1. The van der Waals surface area contributed by atoms with Crippen LogP contribution < -0.4 is 15.3 Å². The van der Waals surface area contributed by atoms with Gasteiger partial charge in [-0.15, -0.1) is 0 Å². The molecule has 29 heavy (non-hydrogen) atoms. The van der Waals surface area contributed by atoms with Gasteiger partial charge in [0, 0.05) is 49.4 Å². The monoisotopic (exact) mass is 396 g/mol. The molecule has 2 heterocycles. The Bertz CT molecular complexity index is 1060. The van der Waals surface area contributed by atoms with Gasteiger partial charge >= 0.3 is 5.63 Å². The number of nitrogens with zero attached hydrogens (tertiary/aromatic N) is 2. The number of hydrogen-bond acceptors (Lipinski definition) is 5. The average Bonchev–Trinajstić information content (AvgIpc) is 2.98. The van der Waals surface area contributed by atoms with E-state index in [2.05, 4.69) is 4.90 Å². The molecule has 0 saturated carbocycles. The molecule has 4 rings (SSSR count). The Hall–Kier alpha value is -3.35. The lowest BCUT2D eigenvalue weighted by Crippen LogP contribution is -2.38. The summed E-state index contributed by atoms with van der Waals surface area (Å²) in [4.78, 5) is 27.9. The highest BCUT2D eigenvalue weighted by molar-refractivity contribution is 5.79. The first-order valence-electron chi connectivity index (χ1n) is 9.53. The van der Waals surface area contributed by atoms with Crippen LogP contribution in [0.5, 0.6) is 5.75 Å². The lowest BCUT2D eigenvalue weighted by atomic mass is 10.2. The fourth-order valence-electron chi connectivity index (χ4n) is 3.44. The van der Waals surface area contributed by atoms with Gasteiger partial charge in [-0.25, -0.2) is 9.18 Å². The van der Waals surface area contributed by atoms with Crippen molar-refractivity contribution in [2.75, 3.05) is 37.7 Å². The molecule has 6 nitrogen and oxygen atoms in total. The molecule has 1 aliphatic heterocycles. The number of amides is 1. The van der Waals surface area contributed by atoms with Crippen molar-refractivity contribution < 1.29 is 18.3 Å². The van der Waals surface area contributed by atoms with Crippen LogP contribution in [0.4, 0.5) is 10.1 Å². The third-order valence-electron chi connectivity index (χ3n) is 5.00. The Morgan fingerprint density at radius 3 is 2.62 bits per heavy atom. The number of rotatable bonds is 4. The van der Waals surface area contributed by atoms with Gasteiger partial charge in [-0.05, 0) is 48.9 Å². The molecular formula is C22H21FN2O4. The van der Waals surface area contributed by atoms with E-state index in [0.29, 0.717) is 31.0 Å². The Morgan fingerprint density at radius 2 is 1.79 bits per heavy atom. The zero-order chi connectivity index (χ0) is 20.2. The molecule has 0 radical (unpaired) electrons. The first-order chi connectivity index (χ1) is 14.1. The van der Waals surface area contributed by atoms with E-state index in [1.807, 2.05) is 0 Å². The van der Waals surface area contributed by atoms with Crippen molar-refractivity contribution in [3.8, 4) is 5.75 Å². The number of ether oxygens (including phenoxy) is 1. The third-order valence-corrected chi connectivity index (χ3v) is 5.00. The molecule has 0 aliphatic carbocycles. The van der Waals surface area contributed by atoms with E-state index in [9.17, 15) is 14.0 Å². The van der Waals surface area contributed by atoms with Gasteiger partial charge < -0.3 is 19.0 Å². The summed E-state index contributed by atoms with van der Waals surface area (Å²) in [6.07, 6.45) is 0.824. The number of hydrogen-bond donors (Lipinski definition) is 0. The second-order valence-electron chi connectivity index (χ2n) is 6.94. The topological polar surface area (TPSA) is 63.0 Å². The van der Waals surface area contributed by atoms with E-state index < -0.39 is 5.63 Å². The van der Waals surface area contributed by atoms with Crippen molar-refractivity contribution in [3.05, 3.63) is 70.8 Å². The van der Waals surface area contributed by atoms with Crippen molar-refractivity contribution in [1.82, 2.24) is 4.90 Å². The highest BCUT2D eigenvalue weighted by Crippen LogP contribution is 2.20. The van der Waals surface area contributed by atoms with Gasteiger partial charge in [-0.3, -0.25) is 4.79 Å². The van der Waals surface area contributed by atoms with Crippen LogP contribution in [-0.2, 0) is 4.79 Å². The molecule has 1 aliphatic rings.